The maximum Gasteiger partial charge on any atom is 0.416 e. The van der Waals surface area contributed by atoms with Crippen molar-refractivity contribution < 1.29 is 21.6 Å². The van der Waals surface area contributed by atoms with Gasteiger partial charge in [-0.2, -0.15) is 26.6 Å². The van der Waals surface area contributed by atoms with Crippen LogP contribution in [0.1, 0.15) is 11.1 Å². The van der Waals surface area contributed by atoms with E-state index in [1.165, 1.54) is 24.3 Å². The fraction of sp³-hybridized carbons (Fsp3) is 0.125. The Kier molecular flexibility index (Phi) is 5.16. The lowest BCUT2D eigenvalue weighted by atomic mass is 10.1. The van der Waals surface area contributed by atoms with Gasteiger partial charge in [-0.15, -0.1) is 9.19 Å². The summed E-state index contributed by atoms with van der Waals surface area (Å²) >= 11 is 1.06. The van der Waals surface area contributed by atoms with Crippen molar-refractivity contribution in [3.8, 4) is 0 Å². The molecular formula is C16H13F3N4O2S2. The molecule has 0 aliphatic carbocycles. The first kappa shape index (κ1) is 19.2. The zero-order chi connectivity index (χ0) is 19.7. The van der Waals surface area contributed by atoms with Crippen LogP contribution in [0, 0.1) is 0 Å². The summed E-state index contributed by atoms with van der Waals surface area (Å²) < 4.78 is 63.4. The summed E-state index contributed by atoms with van der Waals surface area (Å²) in [5, 5.41) is 4.01. The molecule has 1 heterocycles. The van der Waals surface area contributed by atoms with E-state index in [0.717, 1.165) is 23.9 Å². The van der Waals surface area contributed by atoms with E-state index in [-0.39, 0.29) is 21.8 Å². The number of hydrogen-bond acceptors (Lipinski definition) is 6. The molecule has 11 heteroatoms. The summed E-state index contributed by atoms with van der Waals surface area (Å²) in [6.45, 7) is 0. The summed E-state index contributed by atoms with van der Waals surface area (Å²) in [7, 11) is -3.97. The monoisotopic (exact) mass is 414 g/mol. The molecule has 0 saturated carbocycles. The lowest BCUT2D eigenvalue weighted by Crippen LogP contribution is -2.17. The van der Waals surface area contributed by atoms with E-state index < -0.39 is 21.8 Å². The van der Waals surface area contributed by atoms with Crippen LogP contribution in [0.2, 0.25) is 0 Å². The lowest BCUT2D eigenvalue weighted by molar-refractivity contribution is -0.137. The molecule has 0 unspecified atom stereocenters. The Morgan fingerprint density at radius 3 is 2.26 bits per heavy atom. The molecule has 6 nitrogen and oxygen atoms in total. The van der Waals surface area contributed by atoms with Crippen LogP contribution in [0.3, 0.4) is 0 Å². The highest BCUT2D eigenvalue weighted by Crippen LogP contribution is 2.30. The number of nitrogens with two attached hydrogens (primary N) is 1. The minimum Gasteiger partial charge on any atom is -0.367 e. The molecule has 27 heavy (non-hydrogen) atoms. The molecule has 0 aliphatic heterocycles. The van der Waals surface area contributed by atoms with E-state index in [1.807, 2.05) is 0 Å². The van der Waals surface area contributed by atoms with Crippen LogP contribution >= 0.6 is 11.8 Å². The van der Waals surface area contributed by atoms with Crippen LogP contribution in [0.5, 0.6) is 0 Å². The predicted molar refractivity (Wildman–Crippen MR) is 94.5 cm³/mol. The summed E-state index contributed by atoms with van der Waals surface area (Å²) in [6, 6.07) is 12.3. The third kappa shape index (κ3) is 4.25. The molecule has 0 aliphatic rings. The van der Waals surface area contributed by atoms with Crippen molar-refractivity contribution in [3.63, 3.8) is 0 Å². The van der Waals surface area contributed by atoms with Crippen LogP contribution in [0.15, 0.2) is 64.6 Å². The number of aromatic nitrogens is 3. The lowest BCUT2D eigenvalue weighted by Gasteiger charge is -2.06. The third-order valence-electron chi connectivity index (χ3n) is 3.50. The van der Waals surface area contributed by atoms with E-state index in [9.17, 15) is 21.6 Å². The summed E-state index contributed by atoms with van der Waals surface area (Å²) in [5.41, 5.74) is 5.54. The zero-order valence-electron chi connectivity index (χ0n) is 13.6. The second-order valence-corrected chi connectivity index (χ2v) is 8.11. The van der Waals surface area contributed by atoms with Gasteiger partial charge in [0, 0.05) is 5.75 Å². The molecule has 0 bridgehead atoms. The zero-order valence-corrected chi connectivity index (χ0v) is 15.2. The molecule has 2 aromatic carbocycles. The van der Waals surface area contributed by atoms with Gasteiger partial charge in [0.2, 0.25) is 11.1 Å². The van der Waals surface area contributed by atoms with Gasteiger partial charge >= 0.3 is 6.18 Å². The molecule has 0 atom stereocenters. The molecule has 0 amide bonds. The van der Waals surface area contributed by atoms with Crippen LogP contribution in [0.25, 0.3) is 0 Å². The molecule has 0 radical (unpaired) electrons. The normalized spacial score (nSPS) is 12.3. The second-order valence-electron chi connectivity index (χ2n) is 5.40. The highest BCUT2D eigenvalue weighted by molar-refractivity contribution is 7.98. The summed E-state index contributed by atoms with van der Waals surface area (Å²) in [5.74, 6) is -0.0405. The average Bonchev–Trinajstić information content (AvgIpc) is 3.02. The SMILES string of the molecule is Nc1nc(SCc2ccc(C(F)(F)F)cc2)nn1S(=O)(=O)c1ccccc1. The van der Waals surface area contributed by atoms with E-state index in [4.69, 9.17) is 5.73 Å². The van der Waals surface area contributed by atoms with E-state index in [0.29, 0.717) is 9.65 Å². The Bertz CT molecular complexity index is 1030. The van der Waals surface area contributed by atoms with Gasteiger partial charge < -0.3 is 5.73 Å². The molecule has 3 rings (SSSR count). The first-order valence-electron chi connectivity index (χ1n) is 7.50. The maximum atomic E-state index is 12.6. The fourth-order valence-electron chi connectivity index (χ4n) is 2.16. The van der Waals surface area contributed by atoms with Gasteiger partial charge in [0.25, 0.3) is 10.0 Å². The highest BCUT2D eigenvalue weighted by atomic mass is 32.2. The first-order valence-corrected chi connectivity index (χ1v) is 9.92. The van der Waals surface area contributed by atoms with Gasteiger partial charge in [0.05, 0.1) is 10.5 Å². The Morgan fingerprint density at radius 2 is 1.67 bits per heavy atom. The summed E-state index contributed by atoms with van der Waals surface area (Å²) in [4.78, 5) is 3.92. The van der Waals surface area contributed by atoms with E-state index >= 15 is 0 Å². The number of benzene rings is 2. The quantitative estimate of drug-likeness (QED) is 0.644. The maximum absolute atomic E-state index is 12.6. The summed E-state index contributed by atoms with van der Waals surface area (Å²) in [6.07, 6.45) is -4.40. The van der Waals surface area contributed by atoms with Gasteiger partial charge in [-0.3, -0.25) is 0 Å². The minimum atomic E-state index is -4.40. The van der Waals surface area contributed by atoms with Crippen molar-refractivity contribution >= 4 is 27.7 Å². The van der Waals surface area contributed by atoms with Crippen LogP contribution in [-0.2, 0) is 22.0 Å². The van der Waals surface area contributed by atoms with Gasteiger partial charge in [-0.1, -0.05) is 42.1 Å². The van der Waals surface area contributed by atoms with Crippen molar-refractivity contribution in [2.75, 3.05) is 5.73 Å². The number of nitrogen functional groups attached to an aromatic ring is 1. The number of anilines is 1. The number of alkyl halides is 3. The third-order valence-corrected chi connectivity index (χ3v) is 6.00. The molecule has 142 valence electrons. The number of rotatable bonds is 5. The minimum absolute atomic E-state index is 0.0147. The molecule has 0 spiro atoms. The van der Waals surface area contributed by atoms with Gasteiger partial charge in [0.1, 0.15) is 0 Å². The van der Waals surface area contributed by atoms with E-state index in [1.54, 1.807) is 18.2 Å². The van der Waals surface area contributed by atoms with Crippen molar-refractivity contribution in [2.24, 2.45) is 0 Å². The molecular weight excluding hydrogens is 401 g/mol. The van der Waals surface area contributed by atoms with E-state index in [2.05, 4.69) is 10.1 Å². The predicted octanol–water partition coefficient (Wildman–Crippen LogP) is 3.41. The van der Waals surface area contributed by atoms with Crippen molar-refractivity contribution in [1.29, 1.82) is 0 Å². The van der Waals surface area contributed by atoms with Crippen molar-refractivity contribution in [3.05, 3.63) is 65.7 Å². The van der Waals surface area contributed by atoms with Gasteiger partial charge in [0.15, 0.2) is 0 Å². The number of nitrogens with zero attached hydrogens (tertiary/aromatic N) is 3. The molecule has 2 N–H and O–H groups in total. The first-order chi connectivity index (χ1) is 12.7. The van der Waals surface area contributed by atoms with Crippen molar-refractivity contribution in [2.45, 2.75) is 22.0 Å². The second kappa shape index (κ2) is 7.24. The Morgan fingerprint density at radius 1 is 1.04 bits per heavy atom. The van der Waals surface area contributed by atoms with Crippen LogP contribution < -0.4 is 5.73 Å². The number of hydrogen-bond donors (Lipinski definition) is 1. The largest absolute Gasteiger partial charge is 0.416 e. The highest BCUT2D eigenvalue weighted by Gasteiger charge is 2.30. The molecule has 0 saturated heterocycles. The number of thioether (sulfide) groups is 1. The van der Waals surface area contributed by atoms with Gasteiger partial charge in [-0.25, -0.2) is 0 Å². The Hall–Kier alpha value is -2.53. The average molecular weight is 414 g/mol. The topological polar surface area (TPSA) is 90.9 Å². The Labute approximate surface area is 157 Å². The fourth-order valence-corrected chi connectivity index (χ4v) is 4.17. The van der Waals surface area contributed by atoms with Crippen molar-refractivity contribution in [1.82, 2.24) is 14.2 Å². The van der Waals surface area contributed by atoms with Crippen LogP contribution in [-0.4, -0.2) is 22.6 Å². The molecule has 1 aromatic heterocycles. The number of halogens is 3. The molecule has 3 aromatic rings. The van der Waals surface area contributed by atoms with Gasteiger partial charge in [-0.05, 0) is 29.8 Å². The van der Waals surface area contributed by atoms with Crippen LogP contribution in [0.4, 0.5) is 19.1 Å². The molecule has 0 fully saturated rings. The smallest absolute Gasteiger partial charge is 0.367 e. The standard InChI is InChI=1S/C16H13F3N4O2S2/c17-16(18,19)12-8-6-11(7-9-12)10-26-15-21-14(20)23(22-15)27(24,25)13-4-2-1-3-5-13/h1-9H,10H2,(H2,20,21,22). The Balaban J connectivity index is 1.76.